The minimum Gasteiger partial charge on any atom is -0.386 e. The molecule has 3 rings (SSSR count). The Hall–Kier alpha value is -0.940. The zero-order chi connectivity index (χ0) is 12.4. The van der Waals surface area contributed by atoms with E-state index in [2.05, 4.69) is 0 Å². The molecular formula is C12H17NO4. The number of hydrogen-bond acceptors (Lipinski definition) is 4. The van der Waals surface area contributed by atoms with Crippen LogP contribution < -0.4 is 0 Å². The lowest BCUT2D eigenvalue weighted by atomic mass is 10.0. The number of ether oxygens (including phenoxy) is 1. The van der Waals surface area contributed by atoms with Crippen LogP contribution in [-0.2, 0) is 14.3 Å². The van der Waals surface area contributed by atoms with Crippen LogP contribution in [0.4, 0.5) is 0 Å². The van der Waals surface area contributed by atoms with Crippen LogP contribution >= 0.6 is 0 Å². The summed E-state index contributed by atoms with van der Waals surface area (Å²) in [4.78, 5) is 25.3. The molecule has 2 heterocycles. The number of carbonyl (C=O) groups excluding carboxylic acids is 2. The van der Waals surface area contributed by atoms with Gasteiger partial charge in [0.25, 0.3) is 0 Å². The zero-order valence-corrected chi connectivity index (χ0v) is 10.1. The summed E-state index contributed by atoms with van der Waals surface area (Å²) in [5.41, 5.74) is -1.22. The molecule has 0 radical (unpaired) electrons. The lowest BCUT2D eigenvalue weighted by Crippen LogP contribution is -2.48. The molecule has 0 bridgehead atoms. The van der Waals surface area contributed by atoms with E-state index in [0.717, 1.165) is 0 Å². The maximum Gasteiger partial charge on any atom is 0.233 e. The van der Waals surface area contributed by atoms with Gasteiger partial charge in [0.15, 0.2) is 0 Å². The molecule has 2 saturated heterocycles. The Morgan fingerprint density at radius 2 is 1.94 bits per heavy atom. The Labute approximate surface area is 99.7 Å². The molecule has 2 aliphatic heterocycles. The number of β-amino-alcohol motifs (C(OH)–C–C–N with tert-alkyl or cyclic N) is 1. The van der Waals surface area contributed by atoms with Gasteiger partial charge in [-0.15, -0.1) is 0 Å². The molecule has 0 aromatic carbocycles. The van der Waals surface area contributed by atoms with Crippen molar-refractivity contribution in [2.24, 2.45) is 17.3 Å². The smallest absolute Gasteiger partial charge is 0.233 e. The molecule has 17 heavy (non-hydrogen) atoms. The molecule has 1 aliphatic carbocycles. The number of rotatable bonds is 2. The van der Waals surface area contributed by atoms with Crippen LogP contribution in [0, 0.1) is 17.3 Å². The Bertz CT molecular complexity index is 373. The molecule has 5 nitrogen and oxygen atoms in total. The summed E-state index contributed by atoms with van der Waals surface area (Å²) in [5, 5.41) is 10.1. The van der Waals surface area contributed by atoms with E-state index in [-0.39, 0.29) is 42.2 Å². The normalized spacial score (nSPS) is 43.1. The van der Waals surface area contributed by atoms with Gasteiger partial charge in [-0.25, -0.2) is 0 Å². The first-order valence-corrected chi connectivity index (χ1v) is 6.02. The summed E-state index contributed by atoms with van der Waals surface area (Å²) in [5.74, 6) is -0.572. The van der Waals surface area contributed by atoms with Crippen molar-refractivity contribution < 1.29 is 19.4 Å². The fraction of sp³-hybridized carbons (Fsp3) is 0.833. The van der Waals surface area contributed by atoms with E-state index < -0.39 is 5.60 Å². The average Bonchev–Trinajstić information content (AvgIpc) is 2.57. The van der Waals surface area contributed by atoms with Crippen molar-refractivity contribution in [3.8, 4) is 0 Å². The molecule has 0 aromatic rings. The van der Waals surface area contributed by atoms with Crippen LogP contribution in [0.5, 0.6) is 0 Å². The van der Waals surface area contributed by atoms with Crippen LogP contribution in [0.3, 0.4) is 0 Å². The average molecular weight is 239 g/mol. The van der Waals surface area contributed by atoms with Gasteiger partial charge in [-0.1, -0.05) is 13.8 Å². The number of fused-ring (bicyclic) bond motifs is 1. The molecule has 3 atom stereocenters. The monoisotopic (exact) mass is 239 g/mol. The summed E-state index contributed by atoms with van der Waals surface area (Å²) in [7, 11) is 0. The van der Waals surface area contributed by atoms with Crippen molar-refractivity contribution in [3.63, 3.8) is 0 Å². The zero-order valence-electron chi connectivity index (χ0n) is 10.1. The molecule has 5 heteroatoms. The summed E-state index contributed by atoms with van der Waals surface area (Å²) in [6, 6.07) is 0. The molecule has 0 spiro atoms. The van der Waals surface area contributed by atoms with E-state index in [4.69, 9.17) is 4.74 Å². The van der Waals surface area contributed by atoms with Gasteiger partial charge in [0.05, 0.1) is 25.0 Å². The van der Waals surface area contributed by atoms with E-state index in [1.54, 1.807) is 0 Å². The van der Waals surface area contributed by atoms with Gasteiger partial charge >= 0.3 is 0 Å². The number of hydrogen-bond donors (Lipinski definition) is 1. The maximum absolute atomic E-state index is 12.1. The Morgan fingerprint density at radius 3 is 2.41 bits per heavy atom. The first-order valence-electron chi connectivity index (χ1n) is 6.02. The third kappa shape index (κ3) is 1.39. The third-order valence-electron chi connectivity index (χ3n) is 4.43. The van der Waals surface area contributed by atoms with E-state index in [1.165, 1.54) is 4.90 Å². The Morgan fingerprint density at radius 1 is 1.35 bits per heavy atom. The number of carbonyl (C=O) groups is 2. The molecule has 3 aliphatic rings. The highest BCUT2D eigenvalue weighted by atomic mass is 16.5. The van der Waals surface area contributed by atoms with Crippen molar-refractivity contribution in [3.05, 3.63) is 0 Å². The van der Waals surface area contributed by atoms with Gasteiger partial charge in [-0.05, 0) is 5.41 Å². The SMILES string of the molecule is CC1(C)C2C(=O)N(CC3(O)CCOC3)C(=O)C21. The summed E-state index contributed by atoms with van der Waals surface area (Å²) >= 11 is 0. The van der Waals surface area contributed by atoms with Crippen LogP contribution in [0.1, 0.15) is 20.3 Å². The van der Waals surface area contributed by atoms with E-state index in [0.29, 0.717) is 13.0 Å². The van der Waals surface area contributed by atoms with E-state index in [9.17, 15) is 14.7 Å². The number of nitrogens with zero attached hydrogens (tertiary/aromatic N) is 1. The fourth-order valence-corrected chi connectivity index (χ4v) is 3.18. The predicted octanol–water partition coefficient (Wildman–Crippen LogP) is -0.221. The lowest BCUT2D eigenvalue weighted by Gasteiger charge is -2.28. The van der Waals surface area contributed by atoms with Gasteiger partial charge in [-0.3, -0.25) is 14.5 Å². The second-order valence-corrected chi connectivity index (χ2v) is 6.07. The highest BCUT2D eigenvalue weighted by molar-refractivity contribution is 6.10. The lowest BCUT2D eigenvalue weighted by molar-refractivity contribution is -0.147. The topological polar surface area (TPSA) is 66.8 Å². The highest BCUT2D eigenvalue weighted by Crippen LogP contribution is 2.63. The molecule has 1 saturated carbocycles. The quantitative estimate of drug-likeness (QED) is 0.676. The number of imide groups is 1. The summed E-state index contributed by atoms with van der Waals surface area (Å²) in [6.45, 7) is 4.69. The van der Waals surface area contributed by atoms with Crippen LogP contribution in [0.15, 0.2) is 0 Å². The number of aliphatic hydroxyl groups is 1. The maximum atomic E-state index is 12.1. The van der Waals surface area contributed by atoms with Crippen molar-refractivity contribution >= 4 is 11.8 Å². The Kier molecular flexibility index (Phi) is 2.03. The molecule has 94 valence electrons. The van der Waals surface area contributed by atoms with Crippen molar-refractivity contribution in [1.82, 2.24) is 4.90 Å². The number of amides is 2. The van der Waals surface area contributed by atoms with Gasteiger partial charge in [0.2, 0.25) is 11.8 Å². The molecule has 2 amide bonds. The second kappa shape index (κ2) is 3.09. The van der Waals surface area contributed by atoms with Gasteiger partial charge in [0, 0.05) is 13.0 Å². The fourth-order valence-electron chi connectivity index (χ4n) is 3.18. The summed E-state index contributed by atoms with van der Waals surface area (Å²) < 4.78 is 5.12. The molecule has 1 N–H and O–H groups in total. The third-order valence-corrected chi connectivity index (χ3v) is 4.43. The van der Waals surface area contributed by atoms with Crippen molar-refractivity contribution in [1.29, 1.82) is 0 Å². The highest BCUT2D eigenvalue weighted by Gasteiger charge is 2.72. The molecule has 3 unspecified atom stereocenters. The number of likely N-dealkylation sites (tertiary alicyclic amines) is 1. The van der Waals surface area contributed by atoms with E-state index >= 15 is 0 Å². The minimum atomic E-state index is -1.04. The van der Waals surface area contributed by atoms with Crippen molar-refractivity contribution in [2.45, 2.75) is 25.9 Å². The van der Waals surface area contributed by atoms with Gasteiger partial charge in [-0.2, -0.15) is 0 Å². The van der Waals surface area contributed by atoms with E-state index in [1.807, 2.05) is 13.8 Å². The predicted molar refractivity (Wildman–Crippen MR) is 57.9 cm³/mol. The molecule has 0 aromatic heterocycles. The largest absolute Gasteiger partial charge is 0.386 e. The first-order chi connectivity index (χ1) is 7.87. The van der Waals surface area contributed by atoms with Gasteiger partial charge in [0.1, 0.15) is 5.60 Å². The molecular weight excluding hydrogens is 222 g/mol. The minimum absolute atomic E-state index is 0.0910. The standard InChI is InChI=1S/C12H17NO4/c1-11(2)7-8(11)10(15)13(9(7)14)5-12(16)3-4-17-6-12/h7-8,16H,3-6H2,1-2H3. The van der Waals surface area contributed by atoms with Crippen LogP contribution in [0.2, 0.25) is 0 Å². The Balaban J connectivity index is 1.75. The van der Waals surface area contributed by atoms with Crippen LogP contribution in [0.25, 0.3) is 0 Å². The first kappa shape index (κ1) is 11.2. The number of piperidine rings is 1. The molecule has 3 fully saturated rings. The van der Waals surface area contributed by atoms with Gasteiger partial charge < -0.3 is 9.84 Å². The van der Waals surface area contributed by atoms with Crippen LogP contribution in [-0.4, -0.2) is 47.2 Å². The van der Waals surface area contributed by atoms with Crippen molar-refractivity contribution in [2.75, 3.05) is 19.8 Å². The summed E-state index contributed by atoms with van der Waals surface area (Å²) in [6.07, 6.45) is 0.489. The second-order valence-electron chi connectivity index (χ2n) is 6.07.